The molecule has 2 aromatic carbocycles. The van der Waals surface area contributed by atoms with Gasteiger partial charge >= 0.3 is 0 Å². The van der Waals surface area contributed by atoms with Crippen LogP contribution in [0.4, 0.5) is 5.69 Å². The number of anilines is 1. The number of methoxy groups -OCH3 is 1. The van der Waals surface area contributed by atoms with Crippen LogP contribution in [0.3, 0.4) is 0 Å². The number of halogens is 1. The van der Waals surface area contributed by atoms with Crippen LogP contribution in [0.5, 0.6) is 5.75 Å². The Morgan fingerprint density at radius 1 is 1.04 bits per heavy atom. The average molecular weight is 388 g/mol. The van der Waals surface area contributed by atoms with Gasteiger partial charge in [-0.2, -0.15) is 0 Å². The average Bonchev–Trinajstić information content (AvgIpc) is 2.68. The number of likely N-dealkylation sites (N-methyl/N-ethyl adjacent to an activating group) is 1. The summed E-state index contributed by atoms with van der Waals surface area (Å²) in [6, 6.07) is 11.8. The number of amides is 2. The predicted octanol–water partition coefficient (Wildman–Crippen LogP) is 2.99. The molecule has 0 aromatic heterocycles. The molecule has 27 heavy (non-hydrogen) atoms. The molecule has 0 bridgehead atoms. The second-order valence-electron chi connectivity index (χ2n) is 6.47. The summed E-state index contributed by atoms with van der Waals surface area (Å²) < 4.78 is 5.21. The summed E-state index contributed by atoms with van der Waals surface area (Å²) >= 11 is 5.98. The van der Waals surface area contributed by atoms with Crippen LogP contribution in [0.1, 0.15) is 20.7 Å². The molecule has 7 heteroatoms. The minimum absolute atomic E-state index is 0.0116. The lowest BCUT2D eigenvalue weighted by Crippen LogP contribution is -2.47. The molecule has 1 N–H and O–H groups in total. The van der Waals surface area contributed by atoms with Gasteiger partial charge in [0.25, 0.3) is 11.8 Å². The van der Waals surface area contributed by atoms with Gasteiger partial charge in [0.15, 0.2) is 0 Å². The number of benzene rings is 2. The number of hydrogen-bond donors (Lipinski definition) is 1. The van der Waals surface area contributed by atoms with Crippen molar-refractivity contribution in [1.82, 2.24) is 9.80 Å². The zero-order valence-electron chi connectivity index (χ0n) is 15.4. The van der Waals surface area contributed by atoms with E-state index in [1.807, 2.05) is 11.9 Å². The Hall–Kier alpha value is -2.57. The van der Waals surface area contributed by atoms with E-state index in [2.05, 4.69) is 10.2 Å². The summed E-state index contributed by atoms with van der Waals surface area (Å²) in [6.45, 7) is 3.20. The van der Waals surface area contributed by atoms with Gasteiger partial charge in [0.2, 0.25) is 0 Å². The maximum Gasteiger partial charge on any atom is 0.259 e. The Morgan fingerprint density at radius 3 is 2.33 bits per heavy atom. The minimum atomic E-state index is -0.326. The van der Waals surface area contributed by atoms with Crippen LogP contribution in [0.2, 0.25) is 5.02 Å². The first-order valence-corrected chi connectivity index (χ1v) is 9.08. The van der Waals surface area contributed by atoms with E-state index in [0.29, 0.717) is 27.6 Å². The van der Waals surface area contributed by atoms with Crippen molar-refractivity contribution >= 4 is 29.1 Å². The molecule has 0 aliphatic carbocycles. The van der Waals surface area contributed by atoms with Gasteiger partial charge in [-0.3, -0.25) is 9.59 Å². The third-order valence-electron chi connectivity index (χ3n) is 4.59. The number of nitrogens with zero attached hydrogens (tertiary/aromatic N) is 2. The van der Waals surface area contributed by atoms with Crippen LogP contribution < -0.4 is 10.1 Å². The molecule has 2 aromatic rings. The molecule has 0 spiro atoms. The second-order valence-corrected chi connectivity index (χ2v) is 6.91. The number of ether oxygens (including phenoxy) is 1. The maximum atomic E-state index is 12.6. The highest BCUT2D eigenvalue weighted by atomic mass is 35.5. The molecule has 1 aliphatic heterocycles. The van der Waals surface area contributed by atoms with Crippen molar-refractivity contribution in [3.63, 3.8) is 0 Å². The lowest BCUT2D eigenvalue weighted by molar-refractivity contribution is 0.0664. The summed E-state index contributed by atoms with van der Waals surface area (Å²) in [5.41, 5.74) is 1.55. The molecule has 142 valence electrons. The largest absolute Gasteiger partial charge is 0.496 e. The van der Waals surface area contributed by atoms with Gasteiger partial charge in [0.1, 0.15) is 5.75 Å². The Balaban J connectivity index is 1.68. The van der Waals surface area contributed by atoms with Crippen molar-refractivity contribution in [2.24, 2.45) is 0 Å². The SMILES string of the molecule is COc1ccc(Cl)cc1C(=O)Nc1ccc(C(=O)N2CCN(C)CC2)cc1. The standard InChI is InChI=1S/C20H22ClN3O3/c1-23-9-11-24(12-10-23)20(26)14-3-6-16(7-4-14)22-19(25)17-13-15(21)5-8-18(17)27-2/h3-8,13H,9-12H2,1-2H3,(H,22,25). The number of carbonyl (C=O) groups excluding carboxylic acids is 2. The number of piperazine rings is 1. The predicted molar refractivity (Wildman–Crippen MR) is 106 cm³/mol. The van der Waals surface area contributed by atoms with Gasteiger partial charge in [-0.05, 0) is 49.5 Å². The number of hydrogen-bond acceptors (Lipinski definition) is 4. The quantitative estimate of drug-likeness (QED) is 0.876. The van der Waals surface area contributed by atoms with E-state index in [0.717, 1.165) is 26.2 Å². The summed E-state index contributed by atoms with van der Waals surface area (Å²) in [5, 5.41) is 3.26. The third-order valence-corrected chi connectivity index (χ3v) is 4.82. The molecule has 3 rings (SSSR count). The third kappa shape index (κ3) is 4.59. The van der Waals surface area contributed by atoms with E-state index < -0.39 is 0 Å². The molecule has 1 saturated heterocycles. The summed E-state index contributed by atoms with van der Waals surface area (Å²) in [7, 11) is 3.55. The van der Waals surface area contributed by atoms with E-state index in [1.54, 1.807) is 42.5 Å². The van der Waals surface area contributed by atoms with Crippen LogP contribution >= 0.6 is 11.6 Å². The second kappa shape index (κ2) is 8.41. The van der Waals surface area contributed by atoms with Crippen molar-refractivity contribution in [2.75, 3.05) is 45.7 Å². The highest BCUT2D eigenvalue weighted by molar-refractivity contribution is 6.31. The molecule has 0 radical (unpaired) electrons. The first-order valence-electron chi connectivity index (χ1n) is 8.70. The van der Waals surface area contributed by atoms with Gasteiger partial charge < -0.3 is 19.9 Å². The Morgan fingerprint density at radius 2 is 1.70 bits per heavy atom. The van der Waals surface area contributed by atoms with Crippen LogP contribution in [0.25, 0.3) is 0 Å². The van der Waals surface area contributed by atoms with Crippen molar-refractivity contribution in [3.05, 3.63) is 58.6 Å². The fourth-order valence-electron chi connectivity index (χ4n) is 2.94. The van der Waals surface area contributed by atoms with Crippen LogP contribution in [-0.4, -0.2) is 62.0 Å². The topological polar surface area (TPSA) is 61.9 Å². The van der Waals surface area contributed by atoms with E-state index in [-0.39, 0.29) is 11.8 Å². The highest BCUT2D eigenvalue weighted by Crippen LogP contribution is 2.24. The molecule has 2 amide bonds. The van der Waals surface area contributed by atoms with Crippen molar-refractivity contribution in [2.45, 2.75) is 0 Å². The monoisotopic (exact) mass is 387 g/mol. The molecule has 6 nitrogen and oxygen atoms in total. The molecule has 0 saturated carbocycles. The van der Waals surface area contributed by atoms with Crippen LogP contribution in [0, 0.1) is 0 Å². The van der Waals surface area contributed by atoms with E-state index in [4.69, 9.17) is 16.3 Å². The lowest BCUT2D eigenvalue weighted by Gasteiger charge is -2.32. The number of rotatable bonds is 4. The van der Waals surface area contributed by atoms with E-state index >= 15 is 0 Å². The molecule has 1 heterocycles. The fourth-order valence-corrected chi connectivity index (χ4v) is 3.12. The molecular weight excluding hydrogens is 366 g/mol. The minimum Gasteiger partial charge on any atom is -0.496 e. The van der Waals surface area contributed by atoms with Crippen molar-refractivity contribution < 1.29 is 14.3 Å². The van der Waals surface area contributed by atoms with Gasteiger partial charge in [-0.1, -0.05) is 11.6 Å². The Bertz CT molecular complexity index is 831. The van der Waals surface area contributed by atoms with Crippen LogP contribution in [0.15, 0.2) is 42.5 Å². The van der Waals surface area contributed by atoms with E-state index in [1.165, 1.54) is 7.11 Å². The van der Waals surface area contributed by atoms with E-state index in [9.17, 15) is 9.59 Å². The van der Waals surface area contributed by atoms with Gasteiger partial charge in [-0.15, -0.1) is 0 Å². The van der Waals surface area contributed by atoms with Gasteiger partial charge in [-0.25, -0.2) is 0 Å². The van der Waals surface area contributed by atoms with Gasteiger partial charge in [0, 0.05) is 42.5 Å². The first-order chi connectivity index (χ1) is 13.0. The zero-order chi connectivity index (χ0) is 19.4. The Labute approximate surface area is 163 Å². The van der Waals surface area contributed by atoms with Crippen molar-refractivity contribution in [1.29, 1.82) is 0 Å². The zero-order valence-corrected chi connectivity index (χ0v) is 16.1. The summed E-state index contributed by atoms with van der Waals surface area (Å²) in [6.07, 6.45) is 0. The highest BCUT2D eigenvalue weighted by Gasteiger charge is 2.20. The molecule has 1 fully saturated rings. The molecule has 0 unspecified atom stereocenters. The maximum absolute atomic E-state index is 12.6. The molecule has 1 aliphatic rings. The number of carbonyl (C=O) groups is 2. The normalized spacial score (nSPS) is 14.7. The van der Waals surface area contributed by atoms with Crippen molar-refractivity contribution in [3.8, 4) is 5.75 Å². The first kappa shape index (κ1) is 19.2. The molecule has 0 atom stereocenters. The molecular formula is C20H22ClN3O3. The summed E-state index contributed by atoms with van der Waals surface area (Å²) in [4.78, 5) is 29.1. The smallest absolute Gasteiger partial charge is 0.259 e. The summed E-state index contributed by atoms with van der Waals surface area (Å²) in [5.74, 6) is 0.128. The Kier molecular flexibility index (Phi) is 5.98. The lowest BCUT2D eigenvalue weighted by atomic mass is 10.1. The fraction of sp³-hybridized carbons (Fsp3) is 0.300. The van der Waals surface area contributed by atoms with Crippen LogP contribution in [-0.2, 0) is 0 Å². The number of nitrogens with one attached hydrogen (secondary N) is 1. The van der Waals surface area contributed by atoms with Gasteiger partial charge in [0.05, 0.1) is 12.7 Å².